The fourth-order valence-electron chi connectivity index (χ4n) is 3.41. The van der Waals surface area contributed by atoms with Crippen molar-refractivity contribution >= 4 is 5.91 Å². The van der Waals surface area contributed by atoms with Crippen LogP contribution in [0.3, 0.4) is 0 Å². The van der Waals surface area contributed by atoms with Crippen LogP contribution >= 0.6 is 0 Å². The van der Waals surface area contributed by atoms with Gasteiger partial charge >= 0.3 is 5.76 Å². The quantitative estimate of drug-likeness (QED) is 0.763. The number of rotatable bonds is 6. The highest BCUT2D eigenvalue weighted by Gasteiger charge is 2.39. The molecular weight excluding hydrogens is 350 g/mol. The van der Waals surface area contributed by atoms with E-state index in [0.717, 1.165) is 23.3 Å². The second-order valence-corrected chi connectivity index (χ2v) is 6.85. The van der Waals surface area contributed by atoms with E-state index in [9.17, 15) is 9.59 Å². The third kappa shape index (κ3) is 3.90. The molecule has 4 rings (SSSR count). The molecule has 8 heteroatoms. The number of aromatic nitrogens is 2. The molecule has 0 radical (unpaired) electrons. The van der Waals surface area contributed by atoms with Crippen molar-refractivity contribution in [2.45, 2.75) is 32.4 Å². The highest BCUT2D eigenvalue weighted by atomic mass is 16.5. The molecule has 144 valence electrons. The second-order valence-electron chi connectivity index (χ2n) is 6.85. The van der Waals surface area contributed by atoms with Crippen molar-refractivity contribution in [3.05, 3.63) is 34.8 Å². The summed E-state index contributed by atoms with van der Waals surface area (Å²) in [4.78, 5) is 26.7. The van der Waals surface area contributed by atoms with Gasteiger partial charge in [0.05, 0.1) is 25.9 Å². The predicted molar refractivity (Wildman–Crippen MR) is 96.4 cm³/mol. The number of carbonyl (C=O) groups is 1. The van der Waals surface area contributed by atoms with Crippen LogP contribution in [-0.2, 0) is 16.1 Å². The summed E-state index contributed by atoms with van der Waals surface area (Å²) in [6, 6.07) is 7.23. The van der Waals surface area contributed by atoms with Crippen LogP contribution < -0.4 is 10.5 Å². The number of nitrogens with zero attached hydrogens (tertiary/aromatic N) is 3. The number of hydrogen-bond acceptors (Lipinski definition) is 6. The van der Waals surface area contributed by atoms with Gasteiger partial charge in [0.15, 0.2) is 0 Å². The number of benzene rings is 1. The van der Waals surface area contributed by atoms with Gasteiger partial charge in [-0.2, -0.15) is 4.68 Å². The van der Waals surface area contributed by atoms with Gasteiger partial charge in [0, 0.05) is 12.1 Å². The highest BCUT2D eigenvalue weighted by Crippen LogP contribution is 2.36. The summed E-state index contributed by atoms with van der Waals surface area (Å²) in [5, 5.41) is 4.19. The molecule has 1 atom stereocenters. The molecule has 1 saturated carbocycles. The Morgan fingerprint density at radius 3 is 2.78 bits per heavy atom. The third-order valence-electron chi connectivity index (χ3n) is 4.96. The lowest BCUT2D eigenvalue weighted by molar-refractivity contribution is -0.141. The first-order valence-corrected chi connectivity index (χ1v) is 9.34. The highest BCUT2D eigenvalue weighted by molar-refractivity contribution is 5.76. The standard InChI is InChI=1S/C19H23N3O5/c1-2-26-15-7-5-14(6-8-15)18-20-22(19(24)27-18)11-17(23)21-9-10-25-12-16(21)13-3-4-13/h5-8,13,16H,2-4,9-12H2,1H3. The number of carbonyl (C=O) groups excluding carboxylic acids is 1. The van der Waals surface area contributed by atoms with Crippen LogP contribution in [0.4, 0.5) is 0 Å². The maximum atomic E-state index is 12.7. The Morgan fingerprint density at radius 2 is 2.07 bits per heavy atom. The average molecular weight is 373 g/mol. The summed E-state index contributed by atoms with van der Waals surface area (Å²) in [5.41, 5.74) is 0.656. The Kier molecular flexibility index (Phi) is 4.98. The zero-order valence-corrected chi connectivity index (χ0v) is 15.3. The normalized spacial score (nSPS) is 19.9. The van der Waals surface area contributed by atoms with Gasteiger partial charge in [-0.25, -0.2) is 4.79 Å². The van der Waals surface area contributed by atoms with Gasteiger partial charge in [-0.05, 0) is 49.9 Å². The zero-order valence-electron chi connectivity index (χ0n) is 15.3. The molecule has 2 fully saturated rings. The molecule has 27 heavy (non-hydrogen) atoms. The van der Waals surface area contributed by atoms with Crippen LogP contribution in [-0.4, -0.2) is 53.0 Å². The number of hydrogen-bond donors (Lipinski definition) is 0. The lowest BCUT2D eigenvalue weighted by Gasteiger charge is -2.35. The molecule has 1 amide bonds. The number of amides is 1. The second kappa shape index (κ2) is 7.56. The summed E-state index contributed by atoms with van der Waals surface area (Å²) in [7, 11) is 0. The Morgan fingerprint density at radius 1 is 1.30 bits per heavy atom. The minimum atomic E-state index is -0.636. The van der Waals surface area contributed by atoms with Crippen LogP contribution in [0.25, 0.3) is 11.5 Å². The Bertz CT molecular complexity index is 853. The maximum Gasteiger partial charge on any atom is 0.437 e. The molecule has 1 aliphatic carbocycles. The van der Waals surface area contributed by atoms with Gasteiger partial charge in [-0.3, -0.25) is 4.79 Å². The van der Waals surface area contributed by atoms with Crippen molar-refractivity contribution in [3.8, 4) is 17.2 Å². The van der Waals surface area contributed by atoms with E-state index in [1.165, 1.54) is 0 Å². The van der Waals surface area contributed by atoms with Crippen molar-refractivity contribution in [1.29, 1.82) is 0 Å². The molecule has 1 aromatic heterocycles. The van der Waals surface area contributed by atoms with E-state index in [-0.39, 0.29) is 24.4 Å². The van der Waals surface area contributed by atoms with Crippen LogP contribution in [0.1, 0.15) is 19.8 Å². The fraction of sp³-hybridized carbons (Fsp3) is 0.526. The number of ether oxygens (including phenoxy) is 2. The fourth-order valence-corrected chi connectivity index (χ4v) is 3.41. The molecular formula is C19H23N3O5. The van der Waals surface area contributed by atoms with E-state index >= 15 is 0 Å². The Labute approximate surface area is 156 Å². The van der Waals surface area contributed by atoms with Crippen molar-refractivity contribution in [2.24, 2.45) is 5.92 Å². The molecule has 1 aromatic carbocycles. The maximum absolute atomic E-state index is 12.7. The Balaban J connectivity index is 1.48. The SMILES string of the molecule is CCOc1ccc(-c2nn(CC(=O)N3CCOCC3C3CC3)c(=O)o2)cc1. The minimum Gasteiger partial charge on any atom is -0.494 e. The van der Waals surface area contributed by atoms with Crippen LogP contribution in [0.15, 0.2) is 33.5 Å². The Hall–Kier alpha value is -2.61. The summed E-state index contributed by atoms with van der Waals surface area (Å²) in [5.74, 6) is 0.684. The van der Waals surface area contributed by atoms with E-state index in [4.69, 9.17) is 13.9 Å². The van der Waals surface area contributed by atoms with E-state index in [0.29, 0.717) is 37.8 Å². The van der Waals surface area contributed by atoms with Crippen molar-refractivity contribution < 1.29 is 18.7 Å². The molecule has 8 nitrogen and oxygen atoms in total. The van der Waals surface area contributed by atoms with Crippen LogP contribution in [0, 0.1) is 5.92 Å². The molecule has 0 spiro atoms. The third-order valence-corrected chi connectivity index (χ3v) is 4.96. The van der Waals surface area contributed by atoms with Crippen LogP contribution in [0.2, 0.25) is 0 Å². The zero-order chi connectivity index (χ0) is 18.8. The van der Waals surface area contributed by atoms with Gasteiger partial charge in [-0.15, -0.1) is 5.10 Å². The number of morpholine rings is 1. The van der Waals surface area contributed by atoms with Gasteiger partial charge < -0.3 is 18.8 Å². The first-order chi connectivity index (χ1) is 13.2. The van der Waals surface area contributed by atoms with E-state index in [1.54, 1.807) is 24.3 Å². The van der Waals surface area contributed by atoms with Gasteiger partial charge in [0.1, 0.15) is 12.3 Å². The molecule has 2 heterocycles. The van der Waals surface area contributed by atoms with Crippen molar-refractivity contribution in [2.75, 3.05) is 26.4 Å². The van der Waals surface area contributed by atoms with Gasteiger partial charge in [-0.1, -0.05) is 0 Å². The largest absolute Gasteiger partial charge is 0.494 e. The molecule has 1 unspecified atom stereocenters. The van der Waals surface area contributed by atoms with Gasteiger partial charge in [0.2, 0.25) is 11.8 Å². The molecule has 1 saturated heterocycles. The van der Waals surface area contributed by atoms with Crippen molar-refractivity contribution in [3.63, 3.8) is 0 Å². The van der Waals surface area contributed by atoms with E-state index in [2.05, 4.69) is 5.10 Å². The molecule has 2 aliphatic rings. The summed E-state index contributed by atoms with van der Waals surface area (Å²) in [6.45, 7) is 4.02. The first kappa shape index (κ1) is 17.8. The average Bonchev–Trinajstić information content (AvgIpc) is 3.47. The summed E-state index contributed by atoms with van der Waals surface area (Å²) >= 11 is 0. The molecule has 2 aromatic rings. The first-order valence-electron chi connectivity index (χ1n) is 9.34. The molecule has 0 bridgehead atoms. The molecule has 0 N–H and O–H groups in total. The van der Waals surface area contributed by atoms with Crippen molar-refractivity contribution in [1.82, 2.24) is 14.7 Å². The summed E-state index contributed by atoms with van der Waals surface area (Å²) in [6.07, 6.45) is 2.26. The smallest absolute Gasteiger partial charge is 0.437 e. The van der Waals surface area contributed by atoms with E-state index in [1.807, 2.05) is 11.8 Å². The monoisotopic (exact) mass is 373 g/mol. The lowest BCUT2D eigenvalue weighted by atomic mass is 10.1. The van der Waals surface area contributed by atoms with Gasteiger partial charge in [0.25, 0.3) is 0 Å². The minimum absolute atomic E-state index is 0.111. The van der Waals surface area contributed by atoms with Crippen LogP contribution in [0.5, 0.6) is 5.75 Å². The lowest BCUT2D eigenvalue weighted by Crippen LogP contribution is -2.51. The predicted octanol–water partition coefficient (Wildman–Crippen LogP) is 1.54. The molecule has 1 aliphatic heterocycles. The summed E-state index contributed by atoms with van der Waals surface area (Å²) < 4.78 is 17.2. The van der Waals surface area contributed by atoms with E-state index < -0.39 is 5.76 Å². The topological polar surface area (TPSA) is 86.8 Å².